The van der Waals surface area contributed by atoms with Gasteiger partial charge in [0, 0.05) is 31.7 Å². The maximum absolute atomic E-state index is 11.2. The third kappa shape index (κ3) is 2.84. The van der Waals surface area contributed by atoms with Crippen molar-refractivity contribution in [3.8, 4) is 0 Å². The van der Waals surface area contributed by atoms with E-state index >= 15 is 0 Å². The van der Waals surface area contributed by atoms with Crippen LogP contribution >= 0.6 is 0 Å². The molecule has 0 bridgehead atoms. The third-order valence-electron chi connectivity index (χ3n) is 4.55. The lowest BCUT2D eigenvalue weighted by atomic mass is 9.97. The Morgan fingerprint density at radius 2 is 2.17 bits per heavy atom. The van der Waals surface area contributed by atoms with Gasteiger partial charge in [0.05, 0.1) is 5.54 Å². The number of piperazine rings is 1. The Labute approximate surface area is 109 Å². The molecule has 0 saturated carbocycles. The second-order valence-corrected chi connectivity index (χ2v) is 6.17. The van der Waals surface area contributed by atoms with E-state index in [2.05, 4.69) is 16.7 Å². The van der Waals surface area contributed by atoms with Crippen LogP contribution in [0.3, 0.4) is 0 Å². The number of primary amides is 1. The SMILES string of the molecule is CC1CN2CCCC2CN1CCC(C)(N)C(N)=O. The maximum Gasteiger partial charge on any atom is 0.237 e. The predicted octanol–water partition coefficient (Wildman–Crippen LogP) is -0.252. The molecule has 18 heavy (non-hydrogen) atoms. The van der Waals surface area contributed by atoms with Gasteiger partial charge in [-0.3, -0.25) is 14.6 Å². The van der Waals surface area contributed by atoms with Crippen LogP contribution in [0.15, 0.2) is 0 Å². The quantitative estimate of drug-likeness (QED) is 0.725. The summed E-state index contributed by atoms with van der Waals surface area (Å²) in [6.45, 7) is 8.34. The Hall–Kier alpha value is -0.650. The Kier molecular flexibility index (Phi) is 3.94. The van der Waals surface area contributed by atoms with Crippen LogP contribution in [-0.4, -0.2) is 59.5 Å². The minimum absolute atomic E-state index is 0.408. The van der Waals surface area contributed by atoms with Gasteiger partial charge in [-0.25, -0.2) is 0 Å². The molecule has 104 valence electrons. The van der Waals surface area contributed by atoms with Crippen molar-refractivity contribution in [2.75, 3.05) is 26.2 Å². The molecular weight excluding hydrogens is 228 g/mol. The second-order valence-electron chi connectivity index (χ2n) is 6.17. The lowest BCUT2D eigenvalue weighted by Gasteiger charge is -2.43. The molecule has 2 rings (SSSR count). The molecule has 5 nitrogen and oxygen atoms in total. The van der Waals surface area contributed by atoms with Gasteiger partial charge in [-0.1, -0.05) is 0 Å². The van der Waals surface area contributed by atoms with Crippen molar-refractivity contribution in [2.45, 2.75) is 50.7 Å². The molecule has 0 aromatic rings. The van der Waals surface area contributed by atoms with Gasteiger partial charge in [0.15, 0.2) is 0 Å². The number of amides is 1. The van der Waals surface area contributed by atoms with Crippen LogP contribution in [0.4, 0.5) is 0 Å². The normalized spacial score (nSPS) is 33.1. The largest absolute Gasteiger partial charge is 0.368 e. The van der Waals surface area contributed by atoms with Crippen molar-refractivity contribution >= 4 is 5.91 Å². The fourth-order valence-corrected chi connectivity index (χ4v) is 3.06. The van der Waals surface area contributed by atoms with Crippen molar-refractivity contribution in [2.24, 2.45) is 11.5 Å². The molecule has 0 aromatic heterocycles. The first kappa shape index (κ1) is 13.8. The predicted molar refractivity (Wildman–Crippen MR) is 72.0 cm³/mol. The molecule has 0 aromatic carbocycles. The van der Waals surface area contributed by atoms with Crippen molar-refractivity contribution in [3.63, 3.8) is 0 Å². The number of hydrogen-bond acceptors (Lipinski definition) is 4. The summed E-state index contributed by atoms with van der Waals surface area (Å²) in [5, 5.41) is 0. The number of carbonyl (C=O) groups is 1. The van der Waals surface area contributed by atoms with Crippen LogP contribution in [0, 0.1) is 0 Å². The van der Waals surface area contributed by atoms with Gasteiger partial charge in [0.1, 0.15) is 0 Å². The highest BCUT2D eigenvalue weighted by Gasteiger charge is 2.35. The van der Waals surface area contributed by atoms with E-state index < -0.39 is 11.4 Å². The van der Waals surface area contributed by atoms with Crippen molar-refractivity contribution in [3.05, 3.63) is 0 Å². The molecule has 2 saturated heterocycles. The summed E-state index contributed by atoms with van der Waals surface area (Å²) in [7, 11) is 0. The molecule has 1 amide bonds. The standard InChI is InChI=1S/C13H26N4O/c1-10-8-17-6-3-4-11(17)9-16(10)7-5-13(2,15)12(14)18/h10-11H,3-9,15H2,1-2H3,(H2,14,18). The summed E-state index contributed by atoms with van der Waals surface area (Å²) < 4.78 is 0. The molecule has 0 radical (unpaired) electrons. The van der Waals surface area contributed by atoms with Gasteiger partial charge < -0.3 is 11.5 Å². The fourth-order valence-electron chi connectivity index (χ4n) is 3.06. The van der Waals surface area contributed by atoms with Crippen molar-refractivity contribution in [1.82, 2.24) is 9.80 Å². The minimum Gasteiger partial charge on any atom is -0.368 e. The molecular formula is C13H26N4O. The third-order valence-corrected chi connectivity index (χ3v) is 4.55. The molecule has 5 heteroatoms. The monoisotopic (exact) mass is 254 g/mol. The Balaban J connectivity index is 1.87. The van der Waals surface area contributed by atoms with E-state index in [9.17, 15) is 4.79 Å². The number of carbonyl (C=O) groups excluding carboxylic acids is 1. The summed E-state index contributed by atoms with van der Waals surface area (Å²) in [5.74, 6) is -0.408. The molecule has 0 aliphatic carbocycles. The van der Waals surface area contributed by atoms with Crippen LogP contribution < -0.4 is 11.5 Å². The molecule has 2 heterocycles. The van der Waals surface area contributed by atoms with Crippen molar-refractivity contribution < 1.29 is 4.79 Å². The van der Waals surface area contributed by atoms with Crippen molar-refractivity contribution in [1.29, 1.82) is 0 Å². The molecule has 2 aliphatic heterocycles. The van der Waals surface area contributed by atoms with Crippen LogP contribution in [0.25, 0.3) is 0 Å². The molecule has 2 aliphatic rings. The topological polar surface area (TPSA) is 75.6 Å². The van der Waals surface area contributed by atoms with E-state index in [1.807, 2.05) is 0 Å². The van der Waals surface area contributed by atoms with E-state index in [0.717, 1.165) is 19.6 Å². The number of nitrogens with two attached hydrogens (primary N) is 2. The summed E-state index contributed by atoms with van der Waals surface area (Å²) in [5.41, 5.74) is 10.4. The van der Waals surface area contributed by atoms with Crippen LogP contribution in [0.1, 0.15) is 33.1 Å². The smallest absolute Gasteiger partial charge is 0.237 e. The average Bonchev–Trinajstić information content (AvgIpc) is 2.72. The summed E-state index contributed by atoms with van der Waals surface area (Å²) in [4.78, 5) is 16.3. The zero-order chi connectivity index (χ0) is 13.3. The highest BCUT2D eigenvalue weighted by molar-refractivity contribution is 5.83. The maximum atomic E-state index is 11.2. The summed E-state index contributed by atoms with van der Waals surface area (Å²) in [6, 6.07) is 1.25. The zero-order valence-electron chi connectivity index (χ0n) is 11.6. The number of rotatable bonds is 4. The van der Waals surface area contributed by atoms with E-state index in [4.69, 9.17) is 11.5 Å². The molecule has 3 unspecified atom stereocenters. The molecule has 3 atom stereocenters. The summed E-state index contributed by atoms with van der Waals surface area (Å²) >= 11 is 0. The number of hydrogen-bond donors (Lipinski definition) is 2. The first-order valence-electron chi connectivity index (χ1n) is 6.97. The van der Waals surface area contributed by atoms with Crippen LogP contribution in [0.2, 0.25) is 0 Å². The van der Waals surface area contributed by atoms with Crippen LogP contribution in [0.5, 0.6) is 0 Å². The van der Waals surface area contributed by atoms with E-state index in [1.165, 1.54) is 19.4 Å². The summed E-state index contributed by atoms with van der Waals surface area (Å²) in [6.07, 6.45) is 3.26. The molecule has 4 N–H and O–H groups in total. The van der Waals surface area contributed by atoms with E-state index in [-0.39, 0.29) is 0 Å². The number of nitrogens with zero attached hydrogens (tertiary/aromatic N) is 2. The average molecular weight is 254 g/mol. The zero-order valence-corrected chi connectivity index (χ0v) is 11.6. The van der Waals surface area contributed by atoms with E-state index in [1.54, 1.807) is 6.92 Å². The van der Waals surface area contributed by atoms with E-state index in [0.29, 0.717) is 18.5 Å². The van der Waals surface area contributed by atoms with Gasteiger partial charge in [0.2, 0.25) is 5.91 Å². The molecule has 0 spiro atoms. The minimum atomic E-state index is -0.882. The highest BCUT2D eigenvalue weighted by Crippen LogP contribution is 2.25. The lowest BCUT2D eigenvalue weighted by Crippen LogP contribution is -2.57. The molecule has 2 fully saturated rings. The van der Waals surface area contributed by atoms with Gasteiger partial charge in [-0.05, 0) is 39.7 Å². The first-order valence-corrected chi connectivity index (χ1v) is 6.97. The lowest BCUT2D eigenvalue weighted by molar-refractivity contribution is -0.123. The Morgan fingerprint density at radius 3 is 2.83 bits per heavy atom. The van der Waals surface area contributed by atoms with Gasteiger partial charge >= 0.3 is 0 Å². The second kappa shape index (κ2) is 5.15. The number of fused-ring (bicyclic) bond motifs is 1. The first-order chi connectivity index (χ1) is 8.40. The van der Waals surface area contributed by atoms with Gasteiger partial charge in [-0.15, -0.1) is 0 Å². The van der Waals surface area contributed by atoms with Gasteiger partial charge in [0.25, 0.3) is 0 Å². The highest BCUT2D eigenvalue weighted by atomic mass is 16.1. The van der Waals surface area contributed by atoms with Crippen LogP contribution in [-0.2, 0) is 4.79 Å². The van der Waals surface area contributed by atoms with Gasteiger partial charge in [-0.2, -0.15) is 0 Å². The Bertz CT molecular complexity index is 318. The Morgan fingerprint density at radius 1 is 1.44 bits per heavy atom. The fraction of sp³-hybridized carbons (Fsp3) is 0.923.